The smallest absolute Gasteiger partial charge is 0.314 e. The van der Waals surface area contributed by atoms with Crippen molar-refractivity contribution in [2.24, 2.45) is 0 Å². The van der Waals surface area contributed by atoms with Crippen LogP contribution in [-0.2, 0) is 10.0 Å². The van der Waals surface area contributed by atoms with Gasteiger partial charge in [-0.1, -0.05) is 6.42 Å². The number of aromatic nitrogens is 2. The maximum atomic E-state index is 12.7. The highest BCUT2D eigenvalue weighted by Gasteiger charge is 2.25. The highest BCUT2D eigenvalue weighted by atomic mass is 32.2. The summed E-state index contributed by atoms with van der Waals surface area (Å²) in [5.41, 5.74) is -0.119. The second kappa shape index (κ2) is 7.88. The molecule has 0 aliphatic carbocycles. The minimum absolute atomic E-state index is 0.189. The van der Waals surface area contributed by atoms with Crippen LogP contribution in [-0.4, -0.2) is 41.7 Å². The normalized spacial score (nSPS) is 15.2. The van der Waals surface area contributed by atoms with Crippen LogP contribution in [0, 0.1) is 0 Å². The molecule has 1 aliphatic heterocycles. The van der Waals surface area contributed by atoms with Gasteiger partial charge in [-0.05, 0) is 55.3 Å². The fourth-order valence-electron chi connectivity index (χ4n) is 3.42. The van der Waals surface area contributed by atoms with E-state index in [-0.39, 0.29) is 10.5 Å². The Morgan fingerprint density at radius 1 is 0.867 bits per heavy atom. The fraction of sp³-hybridized carbons (Fsp3) is 0.250. The number of rotatable bonds is 4. The van der Waals surface area contributed by atoms with Crippen LogP contribution in [0.15, 0.2) is 56.9 Å². The van der Waals surface area contributed by atoms with Crippen molar-refractivity contribution in [3.63, 3.8) is 0 Å². The molecule has 0 atom stereocenters. The number of hydrogen-bond acceptors (Lipinski definition) is 5. The molecule has 10 heteroatoms. The summed E-state index contributed by atoms with van der Waals surface area (Å²) in [7, 11) is -3.53. The zero-order valence-electron chi connectivity index (χ0n) is 16.0. The summed E-state index contributed by atoms with van der Waals surface area (Å²) >= 11 is 0. The van der Waals surface area contributed by atoms with Crippen LogP contribution in [0.5, 0.6) is 0 Å². The van der Waals surface area contributed by atoms with Crippen molar-refractivity contribution in [2.75, 3.05) is 18.4 Å². The maximum Gasteiger partial charge on any atom is 0.314 e. The van der Waals surface area contributed by atoms with E-state index in [1.807, 2.05) is 0 Å². The number of fused-ring (bicyclic) bond motifs is 1. The Kier molecular flexibility index (Phi) is 5.27. The van der Waals surface area contributed by atoms with Gasteiger partial charge in [0.05, 0.1) is 15.9 Å². The summed E-state index contributed by atoms with van der Waals surface area (Å²) in [6, 6.07) is 10.5. The lowest BCUT2D eigenvalue weighted by Crippen LogP contribution is -2.35. The number of carbonyl (C=O) groups is 1. The SMILES string of the molecule is O=C(Nc1ccc(S(=O)(=O)N2CCCCC2)cc1)c1ccc2[nH]c(=O)c(=O)[nH]c2c1. The van der Waals surface area contributed by atoms with Gasteiger partial charge in [0, 0.05) is 24.3 Å². The monoisotopic (exact) mass is 428 g/mol. The lowest BCUT2D eigenvalue weighted by atomic mass is 10.1. The molecule has 1 aromatic heterocycles. The number of carbonyl (C=O) groups excluding carboxylic acids is 1. The van der Waals surface area contributed by atoms with Crippen LogP contribution in [0.25, 0.3) is 11.0 Å². The molecule has 1 fully saturated rings. The minimum atomic E-state index is -3.53. The first-order valence-corrected chi connectivity index (χ1v) is 11.0. The van der Waals surface area contributed by atoms with Gasteiger partial charge in [-0.2, -0.15) is 4.31 Å². The molecule has 0 bridgehead atoms. The van der Waals surface area contributed by atoms with E-state index >= 15 is 0 Å². The van der Waals surface area contributed by atoms with E-state index < -0.39 is 27.0 Å². The van der Waals surface area contributed by atoms with E-state index in [4.69, 9.17) is 0 Å². The van der Waals surface area contributed by atoms with E-state index in [0.717, 1.165) is 19.3 Å². The molecule has 4 rings (SSSR count). The van der Waals surface area contributed by atoms with Crippen molar-refractivity contribution in [3.05, 3.63) is 68.7 Å². The van der Waals surface area contributed by atoms with Crippen LogP contribution < -0.4 is 16.4 Å². The van der Waals surface area contributed by atoms with E-state index in [1.54, 1.807) is 0 Å². The number of hydrogen-bond donors (Lipinski definition) is 3. The van der Waals surface area contributed by atoms with Gasteiger partial charge in [0.1, 0.15) is 0 Å². The average molecular weight is 428 g/mol. The molecule has 3 N–H and O–H groups in total. The Labute approximate surface area is 171 Å². The number of benzene rings is 2. The molecule has 1 amide bonds. The van der Waals surface area contributed by atoms with Gasteiger partial charge in [-0.3, -0.25) is 14.4 Å². The topological polar surface area (TPSA) is 132 Å². The Hall–Kier alpha value is -3.24. The Balaban J connectivity index is 1.52. The number of nitrogens with one attached hydrogen (secondary N) is 3. The number of anilines is 1. The van der Waals surface area contributed by atoms with Crippen LogP contribution in [0.3, 0.4) is 0 Å². The predicted octanol–water partition coefficient (Wildman–Crippen LogP) is 1.64. The molecule has 9 nitrogen and oxygen atoms in total. The van der Waals surface area contributed by atoms with Crippen molar-refractivity contribution >= 4 is 32.7 Å². The lowest BCUT2D eigenvalue weighted by molar-refractivity contribution is 0.102. The minimum Gasteiger partial charge on any atom is -0.322 e. The molecule has 3 aromatic rings. The Morgan fingerprint density at radius 3 is 2.17 bits per heavy atom. The predicted molar refractivity (Wildman–Crippen MR) is 112 cm³/mol. The van der Waals surface area contributed by atoms with Gasteiger partial charge in [-0.25, -0.2) is 8.42 Å². The lowest BCUT2D eigenvalue weighted by Gasteiger charge is -2.25. The van der Waals surface area contributed by atoms with Crippen molar-refractivity contribution in [2.45, 2.75) is 24.2 Å². The average Bonchev–Trinajstić information content (AvgIpc) is 2.75. The molecule has 1 saturated heterocycles. The van der Waals surface area contributed by atoms with Gasteiger partial charge in [0.2, 0.25) is 10.0 Å². The molecule has 0 unspecified atom stereocenters. The molecule has 2 aromatic carbocycles. The molecule has 156 valence electrons. The van der Waals surface area contributed by atoms with Crippen molar-refractivity contribution in [1.82, 2.24) is 14.3 Å². The maximum absolute atomic E-state index is 12.7. The van der Waals surface area contributed by atoms with Crippen molar-refractivity contribution in [1.29, 1.82) is 0 Å². The summed E-state index contributed by atoms with van der Waals surface area (Å²) in [6.45, 7) is 1.05. The summed E-state index contributed by atoms with van der Waals surface area (Å²) < 4.78 is 26.9. The second-order valence-corrected chi connectivity index (χ2v) is 9.05. The third-order valence-corrected chi connectivity index (χ3v) is 6.96. The Bertz CT molecular complexity index is 1320. The Morgan fingerprint density at radius 2 is 1.50 bits per heavy atom. The van der Waals surface area contributed by atoms with Gasteiger partial charge >= 0.3 is 11.1 Å². The summed E-state index contributed by atoms with van der Waals surface area (Å²) in [4.78, 5) is 40.4. The van der Waals surface area contributed by atoms with E-state index in [1.165, 1.54) is 46.8 Å². The van der Waals surface area contributed by atoms with Crippen LogP contribution in [0.2, 0.25) is 0 Å². The van der Waals surface area contributed by atoms with Crippen molar-refractivity contribution in [3.8, 4) is 0 Å². The molecule has 0 saturated carbocycles. The number of nitrogens with zero attached hydrogens (tertiary/aromatic N) is 1. The van der Waals surface area contributed by atoms with E-state index in [0.29, 0.717) is 29.8 Å². The molecular weight excluding hydrogens is 408 g/mol. The number of amides is 1. The summed E-state index contributed by atoms with van der Waals surface area (Å²) in [5.74, 6) is -0.435. The molecule has 0 radical (unpaired) electrons. The molecular formula is C20H20N4O5S. The standard InChI is InChI=1S/C20H20N4O5S/c25-18(13-4-9-16-17(12-13)23-20(27)19(26)22-16)21-14-5-7-15(8-6-14)30(28,29)24-10-2-1-3-11-24/h4-9,12H,1-3,10-11H2,(H,21,25)(H,22,26)(H,23,27). The van der Waals surface area contributed by atoms with E-state index in [2.05, 4.69) is 15.3 Å². The number of sulfonamides is 1. The quantitative estimate of drug-likeness (QED) is 0.544. The number of aromatic amines is 2. The second-order valence-electron chi connectivity index (χ2n) is 7.11. The zero-order valence-corrected chi connectivity index (χ0v) is 16.8. The van der Waals surface area contributed by atoms with Crippen molar-refractivity contribution < 1.29 is 13.2 Å². The first-order valence-electron chi connectivity index (χ1n) is 9.52. The fourth-order valence-corrected chi connectivity index (χ4v) is 4.94. The zero-order chi connectivity index (χ0) is 21.3. The van der Waals surface area contributed by atoms with Crippen LogP contribution in [0.1, 0.15) is 29.6 Å². The van der Waals surface area contributed by atoms with Crippen LogP contribution in [0.4, 0.5) is 5.69 Å². The largest absolute Gasteiger partial charge is 0.322 e. The van der Waals surface area contributed by atoms with Gasteiger partial charge < -0.3 is 15.3 Å². The van der Waals surface area contributed by atoms with Gasteiger partial charge in [-0.15, -0.1) is 0 Å². The first-order chi connectivity index (χ1) is 14.3. The number of H-pyrrole nitrogens is 2. The highest BCUT2D eigenvalue weighted by Crippen LogP contribution is 2.22. The molecule has 2 heterocycles. The summed E-state index contributed by atoms with van der Waals surface area (Å²) in [5, 5.41) is 2.70. The van der Waals surface area contributed by atoms with Crippen LogP contribution >= 0.6 is 0 Å². The first kappa shape index (κ1) is 20.0. The molecule has 0 spiro atoms. The molecule has 1 aliphatic rings. The van der Waals surface area contributed by atoms with Gasteiger partial charge in [0.15, 0.2) is 0 Å². The van der Waals surface area contributed by atoms with Gasteiger partial charge in [0.25, 0.3) is 5.91 Å². The molecule has 30 heavy (non-hydrogen) atoms. The van der Waals surface area contributed by atoms with E-state index in [9.17, 15) is 22.8 Å². The highest BCUT2D eigenvalue weighted by molar-refractivity contribution is 7.89. The summed E-state index contributed by atoms with van der Waals surface area (Å²) in [6.07, 6.45) is 2.76. The third kappa shape index (κ3) is 3.91. The number of piperidine rings is 1. The third-order valence-electron chi connectivity index (χ3n) is 5.05.